The number of nitrogens with zero attached hydrogens (tertiary/aromatic N) is 1. The first kappa shape index (κ1) is 25.2. The molecule has 0 spiro atoms. The molecule has 0 bridgehead atoms. The summed E-state index contributed by atoms with van der Waals surface area (Å²) >= 11 is 2.38. The first-order valence-electron chi connectivity index (χ1n) is 9.42. The normalized spacial score (nSPS) is 24.8. The molecule has 0 saturated heterocycles. The van der Waals surface area contributed by atoms with Crippen molar-refractivity contribution in [1.82, 2.24) is 4.90 Å². The number of halogens is 1. The second-order valence-electron chi connectivity index (χ2n) is 7.15. The second-order valence-corrected chi connectivity index (χ2v) is 8.40. The predicted molar refractivity (Wildman–Crippen MR) is 114 cm³/mol. The molecular formula is C22H32FeINO+2. The van der Waals surface area contributed by atoms with Gasteiger partial charge in [-0.15, -0.1) is 0 Å². The van der Waals surface area contributed by atoms with E-state index in [4.69, 9.17) is 4.74 Å². The minimum atomic E-state index is 0. The molecule has 0 N–H and O–H groups in total. The number of likely N-dealkylation sites (N-methyl/N-ethyl adjacent to an activating group) is 1. The van der Waals surface area contributed by atoms with Crippen molar-refractivity contribution in [2.24, 2.45) is 5.92 Å². The molecule has 3 rings (SSSR count). The van der Waals surface area contributed by atoms with Crippen molar-refractivity contribution in [2.75, 3.05) is 20.7 Å². The molecule has 3 aliphatic carbocycles. The first-order valence-corrected chi connectivity index (χ1v) is 10.5. The van der Waals surface area contributed by atoms with Gasteiger partial charge < -0.3 is 9.64 Å². The molecule has 4 heteroatoms. The van der Waals surface area contributed by atoms with Crippen LogP contribution in [-0.4, -0.2) is 37.7 Å². The Balaban J connectivity index is 0.000000486. The van der Waals surface area contributed by atoms with E-state index in [0.29, 0.717) is 12.1 Å². The van der Waals surface area contributed by atoms with E-state index in [9.17, 15) is 0 Å². The number of rotatable bonds is 6. The third kappa shape index (κ3) is 8.67. The van der Waals surface area contributed by atoms with Gasteiger partial charge in [0.2, 0.25) is 0 Å². The Morgan fingerprint density at radius 1 is 1.08 bits per heavy atom. The van der Waals surface area contributed by atoms with Crippen LogP contribution in [0.4, 0.5) is 0 Å². The van der Waals surface area contributed by atoms with Gasteiger partial charge in [0.05, 0.1) is 6.10 Å². The number of hydrogen-bond acceptors (Lipinski definition) is 2. The molecule has 0 heterocycles. The third-order valence-corrected chi connectivity index (χ3v) is 6.00. The Morgan fingerprint density at radius 3 is 2.12 bits per heavy atom. The molecule has 0 amide bonds. The molecule has 0 aromatic heterocycles. The summed E-state index contributed by atoms with van der Waals surface area (Å²) in [5, 5.41) is 0. The second kappa shape index (κ2) is 14.2. The van der Waals surface area contributed by atoms with E-state index in [2.05, 4.69) is 60.7 Å². The monoisotopic (exact) mass is 509 g/mol. The standard InChI is InChI=1S/C17H27INO.C5H5.Fe/c1-13(17(20-3)15-7-5-4-6-8-15)19(2)12-14-9-10-16(18)11-14;1-2-4-5-3-1;/h9-11,13,15,17H,4-8,12H2,1-3H3;1-5H;/q;;+2/t13-,17+;;/m0../s1. The van der Waals surface area contributed by atoms with Crippen molar-refractivity contribution in [2.45, 2.75) is 51.2 Å². The van der Waals surface area contributed by atoms with E-state index in [1.54, 1.807) is 0 Å². The van der Waals surface area contributed by atoms with Gasteiger partial charge in [-0.05, 0) is 90.0 Å². The van der Waals surface area contributed by atoms with Gasteiger partial charge in [-0.3, -0.25) is 0 Å². The maximum atomic E-state index is 5.87. The van der Waals surface area contributed by atoms with Gasteiger partial charge in [-0.25, -0.2) is 0 Å². The molecule has 3 fully saturated rings. The van der Waals surface area contributed by atoms with Crippen molar-refractivity contribution in [1.29, 1.82) is 0 Å². The van der Waals surface area contributed by atoms with Crippen LogP contribution in [0.15, 0.2) is 0 Å². The summed E-state index contributed by atoms with van der Waals surface area (Å²) < 4.78 is 7.20. The van der Waals surface area contributed by atoms with Crippen LogP contribution >= 0.6 is 22.6 Å². The van der Waals surface area contributed by atoms with Crippen LogP contribution in [0.25, 0.3) is 0 Å². The molecule has 0 aliphatic heterocycles. The van der Waals surface area contributed by atoms with Gasteiger partial charge in [0.1, 0.15) is 0 Å². The molecule has 2 atom stereocenters. The van der Waals surface area contributed by atoms with Crippen LogP contribution in [0.5, 0.6) is 0 Å². The third-order valence-electron chi connectivity index (χ3n) is 5.32. The SMILES string of the molecule is CO[C@@H](C1CCCCC1)[C@H](C)N(C)C[C]1[CH][CH][C](I)[CH]1.[CH]1[CH][CH][CH][CH]1.[Fe+2]. The Hall–Kier alpha value is 1.17. The Bertz CT molecular complexity index is 339. The Labute approximate surface area is 187 Å². The number of ether oxygens (including phenoxy) is 1. The zero-order valence-electron chi connectivity index (χ0n) is 16.2. The zero-order valence-corrected chi connectivity index (χ0v) is 19.4. The van der Waals surface area contributed by atoms with E-state index >= 15 is 0 Å². The average Bonchev–Trinajstić information content (AvgIpc) is 3.31. The maximum absolute atomic E-state index is 5.87. The minimum absolute atomic E-state index is 0. The van der Waals surface area contributed by atoms with Crippen LogP contribution in [0.3, 0.4) is 0 Å². The quantitative estimate of drug-likeness (QED) is 0.366. The van der Waals surface area contributed by atoms with Gasteiger partial charge in [0, 0.05) is 23.6 Å². The molecule has 144 valence electrons. The topological polar surface area (TPSA) is 12.5 Å². The fourth-order valence-electron chi connectivity index (χ4n) is 3.81. The average molecular weight is 509 g/mol. The molecule has 0 aromatic carbocycles. The van der Waals surface area contributed by atoms with Crippen LogP contribution in [-0.2, 0) is 21.8 Å². The van der Waals surface area contributed by atoms with Crippen molar-refractivity contribution in [3.8, 4) is 0 Å². The van der Waals surface area contributed by atoms with Gasteiger partial charge in [0.25, 0.3) is 0 Å². The summed E-state index contributed by atoms with van der Waals surface area (Å²) in [6, 6.07) is 0.468. The van der Waals surface area contributed by atoms with Gasteiger partial charge in [0.15, 0.2) is 0 Å². The summed E-state index contributed by atoms with van der Waals surface area (Å²) in [5.41, 5.74) is 0. The summed E-state index contributed by atoms with van der Waals surface area (Å²) in [6.45, 7) is 3.33. The molecule has 0 aromatic rings. The van der Waals surface area contributed by atoms with E-state index in [1.165, 1.54) is 41.9 Å². The van der Waals surface area contributed by atoms with Crippen molar-refractivity contribution in [3.05, 3.63) is 61.2 Å². The predicted octanol–water partition coefficient (Wildman–Crippen LogP) is 5.09. The largest absolute Gasteiger partial charge is 2.00 e. The summed E-state index contributed by atoms with van der Waals surface area (Å²) in [6.07, 6.45) is 23.9. The number of methoxy groups -OCH3 is 1. The number of hydrogen-bond donors (Lipinski definition) is 0. The summed E-state index contributed by atoms with van der Waals surface area (Å²) in [5.74, 6) is 2.15. The fraction of sp³-hybridized carbons (Fsp3) is 0.545. The van der Waals surface area contributed by atoms with Gasteiger partial charge >= 0.3 is 17.1 Å². The molecular weight excluding hydrogens is 477 g/mol. The molecule has 0 unspecified atom stereocenters. The molecule has 26 heavy (non-hydrogen) atoms. The van der Waals surface area contributed by atoms with Crippen LogP contribution < -0.4 is 0 Å². The summed E-state index contributed by atoms with van der Waals surface area (Å²) in [7, 11) is 4.11. The maximum Gasteiger partial charge on any atom is 2.00 e. The summed E-state index contributed by atoms with van der Waals surface area (Å²) in [4.78, 5) is 2.44. The van der Waals surface area contributed by atoms with E-state index < -0.39 is 0 Å². The van der Waals surface area contributed by atoms with Crippen molar-refractivity contribution < 1.29 is 21.8 Å². The van der Waals surface area contributed by atoms with E-state index in [1.807, 2.05) is 39.2 Å². The zero-order chi connectivity index (χ0) is 18.1. The Morgan fingerprint density at radius 2 is 1.65 bits per heavy atom. The minimum Gasteiger partial charge on any atom is -0.380 e. The van der Waals surface area contributed by atoms with Crippen LogP contribution in [0, 0.1) is 67.1 Å². The molecule has 3 aliphatic rings. The van der Waals surface area contributed by atoms with Crippen LogP contribution in [0.2, 0.25) is 0 Å². The molecule has 3 saturated carbocycles. The Kier molecular flexibility index (Phi) is 13.8. The molecule has 10 radical (unpaired) electrons. The van der Waals surface area contributed by atoms with E-state index in [-0.39, 0.29) is 17.1 Å². The van der Waals surface area contributed by atoms with Crippen LogP contribution in [0.1, 0.15) is 39.0 Å². The van der Waals surface area contributed by atoms with Crippen molar-refractivity contribution >= 4 is 22.6 Å². The molecule has 2 nitrogen and oxygen atoms in total. The van der Waals surface area contributed by atoms with E-state index in [0.717, 1.165) is 12.5 Å². The fourth-order valence-corrected chi connectivity index (χ4v) is 4.39. The van der Waals surface area contributed by atoms with Gasteiger partial charge in [-0.2, -0.15) is 0 Å². The van der Waals surface area contributed by atoms with Crippen molar-refractivity contribution in [3.63, 3.8) is 0 Å². The smallest absolute Gasteiger partial charge is 0.380 e. The first-order chi connectivity index (χ1) is 12.1. The van der Waals surface area contributed by atoms with Gasteiger partial charge in [-0.1, -0.05) is 41.9 Å².